The number of nitrogens with zero attached hydrogens (tertiary/aromatic N) is 1. The van der Waals surface area contributed by atoms with Crippen molar-refractivity contribution in [2.75, 3.05) is 11.9 Å². The molecule has 86 valence electrons. The van der Waals surface area contributed by atoms with E-state index in [1.807, 2.05) is 0 Å². The van der Waals surface area contributed by atoms with Crippen molar-refractivity contribution in [1.29, 1.82) is 0 Å². The molecule has 2 rings (SSSR count). The Hall–Kier alpha value is -1.62. The number of nitrogens with one attached hydrogen (secondary N) is 1. The van der Waals surface area contributed by atoms with E-state index in [0.29, 0.717) is 18.2 Å². The van der Waals surface area contributed by atoms with Gasteiger partial charge in [-0.05, 0) is 24.8 Å². The van der Waals surface area contributed by atoms with E-state index < -0.39 is 0 Å². The minimum atomic E-state index is -0.384. The summed E-state index contributed by atoms with van der Waals surface area (Å²) in [4.78, 5) is 10.4. The summed E-state index contributed by atoms with van der Waals surface area (Å²) in [6.45, 7) is 0.593. The van der Waals surface area contributed by atoms with E-state index >= 15 is 0 Å². The molecule has 1 aliphatic carbocycles. The van der Waals surface area contributed by atoms with Crippen LogP contribution >= 0.6 is 0 Å². The lowest BCUT2D eigenvalue weighted by Gasteiger charge is -2.12. The Morgan fingerprint density at radius 1 is 1.50 bits per heavy atom. The van der Waals surface area contributed by atoms with Crippen molar-refractivity contribution in [3.05, 3.63) is 34.4 Å². The van der Waals surface area contributed by atoms with E-state index in [9.17, 15) is 10.1 Å². The number of nitro groups is 1. The highest BCUT2D eigenvalue weighted by Gasteiger charge is 2.28. The Bertz CT molecular complexity index is 391. The highest BCUT2D eigenvalue weighted by Crippen LogP contribution is 2.32. The average Bonchev–Trinajstić information content (AvgIpc) is 3.10. The fraction of sp³-hybridized carbons (Fsp3) is 0.455. The summed E-state index contributed by atoms with van der Waals surface area (Å²) in [5.41, 5.74) is 6.57. The zero-order valence-corrected chi connectivity index (χ0v) is 8.93. The maximum atomic E-state index is 10.7. The highest BCUT2D eigenvalue weighted by atomic mass is 16.6. The van der Waals surface area contributed by atoms with Crippen molar-refractivity contribution in [2.24, 2.45) is 11.7 Å². The molecule has 1 fully saturated rings. The zero-order valence-electron chi connectivity index (χ0n) is 8.93. The molecule has 0 spiro atoms. The summed E-state index contributed by atoms with van der Waals surface area (Å²) in [7, 11) is 0. The Morgan fingerprint density at radius 3 is 2.81 bits per heavy atom. The van der Waals surface area contributed by atoms with E-state index in [2.05, 4.69) is 5.32 Å². The molecule has 0 aliphatic heterocycles. The second kappa shape index (κ2) is 4.49. The third-order valence-corrected chi connectivity index (χ3v) is 2.86. The molecule has 0 radical (unpaired) electrons. The second-order valence-corrected chi connectivity index (χ2v) is 4.16. The van der Waals surface area contributed by atoms with Gasteiger partial charge in [-0.2, -0.15) is 0 Å². The Morgan fingerprint density at radius 2 is 2.19 bits per heavy atom. The first kappa shape index (κ1) is 10.9. The van der Waals surface area contributed by atoms with Gasteiger partial charge < -0.3 is 11.1 Å². The number of benzene rings is 1. The van der Waals surface area contributed by atoms with Gasteiger partial charge in [-0.15, -0.1) is 0 Å². The molecular formula is C11H15N3O2. The van der Waals surface area contributed by atoms with Crippen LogP contribution in [0.2, 0.25) is 0 Å². The third kappa shape index (κ3) is 2.49. The molecule has 0 bridgehead atoms. The molecule has 5 nitrogen and oxygen atoms in total. The molecule has 1 atom stereocenters. The van der Waals surface area contributed by atoms with Gasteiger partial charge in [0.1, 0.15) is 5.69 Å². The standard InChI is InChI=1S/C11H15N3O2/c12-9(8-5-6-8)7-13-10-3-1-2-4-11(10)14(15)16/h1-4,8-9,13H,5-7,12H2. The lowest BCUT2D eigenvalue weighted by molar-refractivity contribution is -0.384. The van der Waals surface area contributed by atoms with Crippen LogP contribution in [0.3, 0.4) is 0 Å². The predicted octanol–water partition coefficient (Wildman–Crippen LogP) is 1.74. The molecule has 1 saturated carbocycles. The highest BCUT2D eigenvalue weighted by molar-refractivity contribution is 5.61. The van der Waals surface area contributed by atoms with E-state index in [1.54, 1.807) is 18.2 Å². The van der Waals surface area contributed by atoms with Gasteiger partial charge in [0.05, 0.1) is 4.92 Å². The van der Waals surface area contributed by atoms with Crippen LogP contribution in [0.1, 0.15) is 12.8 Å². The van der Waals surface area contributed by atoms with Gasteiger partial charge in [0.15, 0.2) is 0 Å². The molecular weight excluding hydrogens is 206 g/mol. The fourth-order valence-corrected chi connectivity index (χ4v) is 1.70. The minimum Gasteiger partial charge on any atom is -0.378 e. The third-order valence-electron chi connectivity index (χ3n) is 2.86. The average molecular weight is 221 g/mol. The first-order chi connectivity index (χ1) is 7.68. The number of rotatable bonds is 5. The van der Waals surface area contributed by atoms with Crippen molar-refractivity contribution in [1.82, 2.24) is 0 Å². The number of hydrogen-bond acceptors (Lipinski definition) is 4. The van der Waals surface area contributed by atoms with E-state index in [1.165, 1.54) is 18.9 Å². The Balaban J connectivity index is 1.99. The van der Waals surface area contributed by atoms with Gasteiger partial charge in [-0.3, -0.25) is 10.1 Å². The number of nitro benzene ring substituents is 1. The summed E-state index contributed by atoms with van der Waals surface area (Å²) in [5, 5.41) is 13.8. The summed E-state index contributed by atoms with van der Waals surface area (Å²) in [6, 6.07) is 6.73. The lowest BCUT2D eigenvalue weighted by Crippen LogP contribution is -2.31. The largest absolute Gasteiger partial charge is 0.378 e. The summed E-state index contributed by atoms with van der Waals surface area (Å²) >= 11 is 0. The van der Waals surface area contributed by atoms with Gasteiger partial charge in [0, 0.05) is 18.7 Å². The van der Waals surface area contributed by atoms with Gasteiger partial charge >= 0.3 is 0 Å². The van der Waals surface area contributed by atoms with Crippen LogP contribution in [-0.2, 0) is 0 Å². The number of hydrogen-bond donors (Lipinski definition) is 2. The van der Waals surface area contributed by atoms with Gasteiger partial charge in [0.2, 0.25) is 0 Å². The Labute approximate surface area is 93.8 Å². The maximum Gasteiger partial charge on any atom is 0.292 e. The molecule has 1 aromatic carbocycles. The summed E-state index contributed by atoms with van der Waals surface area (Å²) in [5.74, 6) is 0.593. The summed E-state index contributed by atoms with van der Waals surface area (Å²) in [6.07, 6.45) is 2.36. The van der Waals surface area contributed by atoms with Gasteiger partial charge in [-0.25, -0.2) is 0 Å². The molecule has 5 heteroatoms. The smallest absolute Gasteiger partial charge is 0.292 e. The van der Waals surface area contributed by atoms with Crippen LogP contribution in [0.15, 0.2) is 24.3 Å². The van der Waals surface area contributed by atoms with Crippen molar-refractivity contribution in [3.8, 4) is 0 Å². The lowest BCUT2D eigenvalue weighted by atomic mass is 10.2. The molecule has 1 aliphatic rings. The SMILES string of the molecule is NC(CNc1ccccc1[N+](=O)[O-])C1CC1. The van der Waals surface area contributed by atoms with E-state index in [-0.39, 0.29) is 16.7 Å². The van der Waals surface area contributed by atoms with Crippen LogP contribution in [0.25, 0.3) is 0 Å². The van der Waals surface area contributed by atoms with E-state index in [4.69, 9.17) is 5.73 Å². The predicted molar refractivity (Wildman–Crippen MR) is 62.3 cm³/mol. The van der Waals surface area contributed by atoms with Crippen LogP contribution in [0.5, 0.6) is 0 Å². The van der Waals surface area contributed by atoms with Gasteiger partial charge in [0.25, 0.3) is 5.69 Å². The molecule has 1 unspecified atom stereocenters. The zero-order chi connectivity index (χ0) is 11.5. The second-order valence-electron chi connectivity index (χ2n) is 4.16. The fourth-order valence-electron chi connectivity index (χ4n) is 1.70. The first-order valence-electron chi connectivity index (χ1n) is 5.41. The molecule has 3 N–H and O–H groups in total. The van der Waals surface area contributed by atoms with Crippen molar-refractivity contribution >= 4 is 11.4 Å². The molecule has 0 amide bonds. The first-order valence-corrected chi connectivity index (χ1v) is 5.41. The van der Waals surface area contributed by atoms with E-state index in [0.717, 1.165) is 0 Å². The van der Waals surface area contributed by atoms with Crippen LogP contribution in [-0.4, -0.2) is 17.5 Å². The quantitative estimate of drug-likeness (QED) is 0.586. The van der Waals surface area contributed by atoms with Crippen molar-refractivity contribution in [3.63, 3.8) is 0 Å². The maximum absolute atomic E-state index is 10.7. The molecule has 0 aromatic heterocycles. The van der Waals surface area contributed by atoms with Crippen LogP contribution in [0, 0.1) is 16.0 Å². The number of para-hydroxylation sites is 2. The van der Waals surface area contributed by atoms with Crippen molar-refractivity contribution < 1.29 is 4.92 Å². The van der Waals surface area contributed by atoms with Crippen molar-refractivity contribution in [2.45, 2.75) is 18.9 Å². The number of anilines is 1. The topological polar surface area (TPSA) is 81.2 Å². The molecule has 16 heavy (non-hydrogen) atoms. The van der Waals surface area contributed by atoms with Gasteiger partial charge in [-0.1, -0.05) is 12.1 Å². The monoisotopic (exact) mass is 221 g/mol. The van der Waals surface area contributed by atoms with Crippen LogP contribution < -0.4 is 11.1 Å². The molecule has 1 aromatic rings. The molecule has 0 heterocycles. The Kier molecular flexibility index (Phi) is 3.05. The minimum absolute atomic E-state index is 0.0970. The summed E-state index contributed by atoms with van der Waals surface area (Å²) < 4.78 is 0. The normalized spacial score (nSPS) is 16.8. The molecule has 0 saturated heterocycles. The number of nitrogens with two attached hydrogens (primary N) is 1. The van der Waals surface area contributed by atoms with Crippen LogP contribution in [0.4, 0.5) is 11.4 Å².